The van der Waals surface area contributed by atoms with Gasteiger partial charge in [-0.3, -0.25) is 9.59 Å². The van der Waals surface area contributed by atoms with E-state index in [2.05, 4.69) is 31.3 Å². The summed E-state index contributed by atoms with van der Waals surface area (Å²) in [5.74, 6) is 2.05. The van der Waals surface area contributed by atoms with E-state index < -0.39 is 11.5 Å². The molecule has 0 aliphatic carbocycles. The minimum atomic E-state index is -0.975. The topological polar surface area (TPSA) is 124 Å². The van der Waals surface area contributed by atoms with Gasteiger partial charge in [0.05, 0.1) is 12.0 Å². The van der Waals surface area contributed by atoms with Crippen LogP contribution in [0.15, 0.2) is 18.2 Å². The van der Waals surface area contributed by atoms with Crippen molar-refractivity contribution in [1.29, 1.82) is 0 Å². The van der Waals surface area contributed by atoms with E-state index in [1.165, 1.54) is 5.56 Å². The molecule has 9 heteroatoms. The van der Waals surface area contributed by atoms with Crippen LogP contribution in [0, 0.1) is 10.8 Å². The van der Waals surface area contributed by atoms with Crippen molar-refractivity contribution < 1.29 is 38.7 Å². The number of hydrogen-bond donors (Lipinski definition) is 3. The number of carbonyl (C=O) groups is 2. The van der Waals surface area contributed by atoms with Crippen LogP contribution >= 0.6 is 0 Å². The van der Waals surface area contributed by atoms with E-state index in [1.54, 1.807) is 21.0 Å². The first-order chi connectivity index (χ1) is 17.3. The van der Waals surface area contributed by atoms with Crippen molar-refractivity contribution >= 4 is 11.9 Å². The van der Waals surface area contributed by atoms with E-state index in [0.717, 1.165) is 24.3 Å². The van der Waals surface area contributed by atoms with Gasteiger partial charge in [-0.05, 0) is 56.7 Å². The first-order valence-electron chi connectivity index (χ1n) is 12.9. The lowest BCUT2D eigenvalue weighted by molar-refractivity contribution is -0.157. The monoisotopic (exact) mass is 527 g/mol. The zero-order valence-corrected chi connectivity index (χ0v) is 24.2. The summed E-state index contributed by atoms with van der Waals surface area (Å²) in [7, 11) is 1.55. The van der Waals surface area contributed by atoms with Crippen LogP contribution < -0.4 is 14.8 Å². The third kappa shape index (κ3) is 12.6. The molecule has 2 atom stereocenters. The molecule has 1 amide bonds. The number of fused-ring (bicyclic) bond motifs is 1. The van der Waals surface area contributed by atoms with Gasteiger partial charge in [-0.15, -0.1) is 0 Å². The number of benzene rings is 1. The van der Waals surface area contributed by atoms with Crippen LogP contribution in [0.2, 0.25) is 0 Å². The van der Waals surface area contributed by atoms with Crippen molar-refractivity contribution in [1.82, 2.24) is 5.32 Å². The second-order valence-electron chi connectivity index (χ2n) is 10.3. The van der Waals surface area contributed by atoms with Gasteiger partial charge in [-0.2, -0.15) is 0 Å². The molecule has 1 aliphatic heterocycles. The summed E-state index contributed by atoms with van der Waals surface area (Å²) in [6.07, 6.45) is 1.69. The number of carbonyl (C=O) groups excluding carboxylic acids is 2. The molecule has 0 saturated carbocycles. The minimum absolute atomic E-state index is 0.0434. The molecule has 0 spiro atoms. The lowest BCUT2D eigenvalue weighted by atomic mass is 9.89. The zero-order valence-electron chi connectivity index (χ0n) is 24.2. The van der Waals surface area contributed by atoms with Gasteiger partial charge in [0.1, 0.15) is 19.4 Å². The summed E-state index contributed by atoms with van der Waals surface area (Å²) >= 11 is 0. The molecule has 214 valence electrons. The van der Waals surface area contributed by atoms with Crippen LogP contribution in [-0.2, 0) is 19.1 Å². The number of nitrogens with one attached hydrogen (secondary N) is 1. The number of ether oxygens (including phenoxy) is 4. The first-order valence-corrected chi connectivity index (χ1v) is 12.9. The lowest BCUT2D eigenvalue weighted by Gasteiger charge is -2.21. The smallest absolute Gasteiger partial charge is 0.311 e. The Morgan fingerprint density at radius 3 is 2.16 bits per heavy atom. The molecular weight excluding hydrogens is 478 g/mol. The van der Waals surface area contributed by atoms with Gasteiger partial charge < -0.3 is 34.5 Å². The number of aliphatic hydroxyl groups excluding tert-OH is 2. The molecule has 1 aromatic rings. The Hall–Kier alpha value is -2.36. The van der Waals surface area contributed by atoms with Gasteiger partial charge in [-0.25, -0.2) is 0 Å². The Balaban J connectivity index is 0.000000528. The van der Waals surface area contributed by atoms with Crippen LogP contribution in [-0.4, -0.2) is 62.0 Å². The minimum Gasteiger partial charge on any atom is -0.462 e. The van der Waals surface area contributed by atoms with Crippen molar-refractivity contribution in [2.75, 3.05) is 33.8 Å². The number of amides is 1. The molecule has 1 heterocycles. The first kappa shape index (κ1) is 34.6. The van der Waals surface area contributed by atoms with E-state index in [0.29, 0.717) is 25.9 Å². The molecule has 1 aliphatic rings. The molecule has 1 aromatic carbocycles. The molecule has 2 rings (SSSR count). The normalized spacial score (nSPS) is 13.8. The summed E-state index contributed by atoms with van der Waals surface area (Å²) < 4.78 is 20.1. The van der Waals surface area contributed by atoms with Crippen molar-refractivity contribution in [2.45, 2.75) is 86.7 Å². The van der Waals surface area contributed by atoms with E-state index in [1.807, 2.05) is 33.8 Å². The van der Waals surface area contributed by atoms with Gasteiger partial charge >= 0.3 is 5.97 Å². The Morgan fingerprint density at radius 2 is 1.65 bits per heavy atom. The van der Waals surface area contributed by atoms with E-state index in [4.69, 9.17) is 29.2 Å². The van der Waals surface area contributed by atoms with Crippen molar-refractivity contribution in [3.8, 4) is 11.5 Å². The van der Waals surface area contributed by atoms with Gasteiger partial charge in [0, 0.05) is 12.5 Å². The lowest BCUT2D eigenvalue weighted by Crippen LogP contribution is -2.37. The number of hydrogen-bond acceptors (Lipinski definition) is 8. The quantitative estimate of drug-likeness (QED) is 0.286. The fraction of sp³-hybridized carbons (Fsp3) is 0.714. The molecule has 0 bridgehead atoms. The Bertz CT molecular complexity index is 809. The van der Waals surface area contributed by atoms with Crippen LogP contribution in [0.4, 0.5) is 0 Å². The maximum Gasteiger partial charge on any atom is 0.311 e. The maximum atomic E-state index is 11.3. The summed E-state index contributed by atoms with van der Waals surface area (Å²) in [6, 6.07) is 6.18. The predicted molar refractivity (Wildman–Crippen MR) is 143 cm³/mol. The third-order valence-corrected chi connectivity index (χ3v) is 6.51. The maximum absolute atomic E-state index is 11.3. The Kier molecular flexibility index (Phi) is 16.1. The Labute approximate surface area is 222 Å². The summed E-state index contributed by atoms with van der Waals surface area (Å²) in [4.78, 5) is 22.6. The molecule has 0 saturated heterocycles. The highest BCUT2D eigenvalue weighted by Gasteiger charge is 2.27. The summed E-state index contributed by atoms with van der Waals surface area (Å²) in [6.45, 7) is 15.8. The molecular formula is C28H49NO8. The molecule has 0 radical (unpaired) electrons. The zero-order chi connectivity index (χ0) is 28.6. The highest BCUT2D eigenvalue weighted by Crippen LogP contribution is 2.35. The van der Waals surface area contributed by atoms with Crippen LogP contribution in [0.5, 0.6) is 11.5 Å². The number of aliphatic hydroxyl groups is 2. The van der Waals surface area contributed by atoms with Crippen molar-refractivity contribution in [2.24, 2.45) is 10.8 Å². The van der Waals surface area contributed by atoms with E-state index >= 15 is 0 Å². The van der Waals surface area contributed by atoms with Crippen molar-refractivity contribution in [3.05, 3.63) is 23.8 Å². The Morgan fingerprint density at radius 1 is 1.05 bits per heavy atom. The van der Waals surface area contributed by atoms with E-state index in [-0.39, 0.29) is 30.5 Å². The highest BCUT2D eigenvalue weighted by atomic mass is 16.7. The second kappa shape index (κ2) is 17.2. The fourth-order valence-corrected chi connectivity index (χ4v) is 2.56. The van der Waals surface area contributed by atoms with Crippen LogP contribution in [0.1, 0.15) is 86.1 Å². The predicted octanol–water partition coefficient (Wildman–Crippen LogP) is 4.39. The third-order valence-electron chi connectivity index (χ3n) is 6.51. The standard InChI is InChI=1S/C11H14O2.C9H18O4.C8H17NO2/c1-3-8(2)9-4-5-10-11(6-9)13-7-12-10;1-4-9(2,3)8(12)13-6-7(11)5-10;1-5-8(2,3)7(10)9-6-11-4/h4-6,8H,3,7H2,1-2H3;7,10-11H,4-6H2,1-3H3;5-6H2,1-4H3,(H,9,10). The van der Waals surface area contributed by atoms with Gasteiger partial charge in [0.2, 0.25) is 12.7 Å². The number of methoxy groups -OCH3 is 1. The van der Waals surface area contributed by atoms with Crippen molar-refractivity contribution in [3.63, 3.8) is 0 Å². The molecule has 0 fully saturated rings. The van der Waals surface area contributed by atoms with Gasteiger partial charge in [0.25, 0.3) is 0 Å². The number of esters is 1. The summed E-state index contributed by atoms with van der Waals surface area (Å²) in [5.41, 5.74) is 0.528. The SMILES string of the molecule is CCC(C)(C)C(=O)NCOC.CCC(C)(C)C(=O)OCC(O)CO.CCC(C)c1ccc2c(c1)OCO2. The molecule has 9 nitrogen and oxygen atoms in total. The second-order valence-corrected chi connectivity index (χ2v) is 10.3. The van der Waals surface area contributed by atoms with E-state index in [9.17, 15) is 9.59 Å². The fourth-order valence-electron chi connectivity index (χ4n) is 2.56. The summed E-state index contributed by atoms with van der Waals surface area (Å²) in [5, 5.41) is 20.0. The molecule has 37 heavy (non-hydrogen) atoms. The average Bonchev–Trinajstić information content (AvgIpc) is 3.38. The highest BCUT2D eigenvalue weighted by molar-refractivity contribution is 5.81. The van der Waals surface area contributed by atoms with Crippen LogP contribution in [0.25, 0.3) is 0 Å². The molecule has 2 unspecified atom stereocenters. The van der Waals surface area contributed by atoms with Gasteiger partial charge in [0.15, 0.2) is 11.5 Å². The molecule has 0 aromatic heterocycles. The van der Waals surface area contributed by atoms with Crippen LogP contribution in [0.3, 0.4) is 0 Å². The number of rotatable bonds is 11. The average molecular weight is 528 g/mol. The van der Waals surface area contributed by atoms with Gasteiger partial charge in [-0.1, -0.05) is 47.6 Å². The molecule has 3 N–H and O–H groups in total. The largest absolute Gasteiger partial charge is 0.462 e.